The molecule has 1 aliphatic carbocycles. The third kappa shape index (κ3) is 3.85. The van der Waals surface area contributed by atoms with Crippen LogP contribution in [0.1, 0.15) is 35.2 Å². The van der Waals surface area contributed by atoms with Gasteiger partial charge in [0.25, 0.3) is 5.91 Å². The van der Waals surface area contributed by atoms with Gasteiger partial charge < -0.3 is 21.7 Å². The van der Waals surface area contributed by atoms with Crippen LogP contribution in [0.15, 0.2) is 54.4 Å². The molecule has 5 rings (SSSR count). The highest BCUT2D eigenvalue weighted by Gasteiger charge is 2.24. The van der Waals surface area contributed by atoms with Crippen LogP contribution < -0.4 is 21.7 Å². The van der Waals surface area contributed by atoms with E-state index < -0.39 is 5.91 Å². The number of carbonyl (C=O) groups excluding carboxylic acids is 2. The summed E-state index contributed by atoms with van der Waals surface area (Å²) in [5.41, 5.74) is 9.19. The van der Waals surface area contributed by atoms with Crippen molar-refractivity contribution in [2.24, 2.45) is 5.73 Å². The lowest BCUT2D eigenvalue weighted by Crippen LogP contribution is -2.12. The van der Waals surface area contributed by atoms with Gasteiger partial charge in [0.05, 0.1) is 6.20 Å². The van der Waals surface area contributed by atoms with E-state index in [2.05, 4.69) is 27.6 Å². The van der Waals surface area contributed by atoms with Crippen LogP contribution >= 0.6 is 0 Å². The summed E-state index contributed by atoms with van der Waals surface area (Å²) in [6, 6.07) is 9.17. The van der Waals surface area contributed by atoms with Gasteiger partial charge in [-0.2, -0.15) is 9.61 Å². The smallest absolute Gasteiger partial charge is 0.251 e. The third-order valence-corrected chi connectivity index (χ3v) is 5.19. The summed E-state index contributed by atoms with van der Waals surface area (Å²) in [7, 11) is 0. The maximum absolute atomic E-state index is 12.1. The van der Waals surface area contributed by atoms with E-state index in [9.17, 15) is 9.59 Å². The molecule has 0 radical (unpaired) electrons. The van der Waals surface area contributed by atoms with Gasteiger partial charge in [-0.05, 0) is 43.2 Å². The summed E-state index contributed by atoms with van der Waals surface area (Å²) in [4.78, 5) is 28.1. The number of carbonyl (C=O) groups is 2. The van der Waals surface area contributed by atoms with Gasteiger partial charge in [-0.1, -0.05) is 6.58 Å². The fourth-order valence-corrected chi connectivity index (χ4v) is 3.45. The molecule has 0 atom stereocenters. The second-order valence-electron chi connectivity index (χ2n) is 7.75. The SMILES string of the molecule is C=C1C/C(=C\c2cnn3c(NC4CC4)cc(Nc4ccc(C(N)=O)cc4)nc23)C(=O)N1. The van der Waals surface area contributed by atoms with E-state index in [0.717, 1.165) is 29.9 Å². The summed E-state index contributed by atoms with van der Waals surface area (Å²) in [5.74, 6) is 0.804. The standard InChI is InChI=1S/C22H21N7O2/c1-12-8-14(22(31)25-12)9-15-11-24-29-19(27-17-6-7-17)10-18(28-21(15)29)26-16-4-2-13(3-5-16)20(23)30/h2-5,9-11,17,27H,1,6-8H2,(H2,23,30)(H,25,31)(H,26,28)/b14-9+. The number of nitrogens with zero attached hydrogens (tertiary/aromatic N) is 3. The van der Waals surface area contributed by atoms with Crippen molar-refractivity contribution in [2.45, 2.75) is 25.3 Å². The van der Waals surface area contributed by atoms with Gasteiger partial charge in [0.2, 0.25) is 5.91 Å². The maximum atomic E-state index is 12.1. The summed E-state index contributed by atoms with van der Waals surface area (Å²) < 4.78 is 1.74. The van der Waals surface area contributed by atoms with Gasteiger partial charge in [-0.15, -0.1) is 0 Å². The molecule has 1 saturated heterocycles. The van der Waals surface area contributed by atoms with Crippen molar-refractivity contribution >= 4 is 40.9 Å². The second-order valence-corrected chi connectivity index (χ2v) is 7.75. The molecule has 1 aromatic carbocycles. The first-order valence-electron chi connectivity index (χ1n) is 9.98. The van der Waals surface area contributed by atoms with Gasteiger partial charge in [-0.3, -0.25) is 9.59 Å². The molecule has 3 heterocycles. The first-order chi connectivity index (χ1) is 15.0. The van der Waals surface area contributed by atoms with Crippen LogP contribution in [0.2, 0.25) is 0 Å². The molecule has 9 heteroatoms. The number of fused-ring (bicyclic) bond motifs is 1. The Morgan fingerprint density at radius 1 is 1.29 bits per heavy atom. The highest BCUT2D eigenvalue weighted by Crippen LogP contribution is 2.29. The van der Waals surface area contributed by atoms with E-state index in [4.69, 9.17) is 10.7 Å². The minimum absolute atomic E-state index is 0.149. The van der Waals surface area contributed by atoms with E-state index in [0.29, 0.717) is 40.8 Å². The Hall–Kier alpha value is -4.14. The minimum Gasteiger partial charge on any atom is -0.367 e. The first kappa shape index (κ1) is 18.9. The molecule has 1 saturated carbocycles. The molecule has 2 aliphatic rings. The second kappa shape index (κ2) is 7.28. The molecule has 2 fully saturated rings. The lowest BCUT2D eigenvalue weighted by Gasteiger charge is -2.12. The van der Waals surface area contributed by atoms with Crippen LogP contribution in [0.5, 0.6) is 0 Å². The topological polar surface area (TPSA) is 126 Å². The summed E-state index contributed by atoms with van der Waals surface area (Å²) in [5, 5.41) is 13.9. The number of primary amides is 1. The Morgan fingerprint density at radius 3 is 2.71 bits per heavy atom. The fourth-order valence-electron chi connectivity index (χ4n) is 3.45. The number of hydrogen-bond acceptors (Lipinski definition) is 6. The largest absolute Gasteiger partial charge is 0.367 e. The summed E-state index contributed by atoms with van der Waals surface area (Å²) >= 11 is 0. The molecule has 31 heavy (non-hydrogen) atoms. The number of benzene rings is 1. The molecule has 2 aromatic heterocycles. The number of hydrogen-bond donors (Lipinski definition) is 4. The number of allylic oxidation sites excluding steroid dienone is 1. The predicted octanol–water partition coefficient (Wildman–Crippen LogP) is 2.56. The van der Waals surface area contributed by atoms with Crippen molar-refractivity contribution in [1.82, 2.24) is 19.9 Å². The van der Waals surface area contributed by atoms with E-state index in [1.54, 1.807) is 41.1 Å². The molecule has 0 bridgehead atoms. The lowest BCUT2D eigenvalue weighted by molar-refractivity contribution is -0.115. The van der Waals surface area contributed by atoms with Gasteiger partial charge in [0, 0.05) is 46.6 Å². The number of nitrogens with one attached hydrogen (secondary N) is 3. The highest BCUT2D eigenvalue weighted by molar-refractivity contribution is 6.02. The van der Waals surface area contributed by atoms with E-state index in [1.165, 1.54) is 0 Å². The molecule has 156 valence electrons. The van der Waals surface area contributed by atoms with Crippen LogP contribution in [0.3, 0.4) is 0 Å². The van der Waals surface area contributed by atoms with Crippen molar-refractivity contribution in [1.29, 1.82) is 0 Å². The highest BCUT2D eigenvalue weighted by atomic mass is 16.2. The molecular weight excluding hydrogens is 394 g/mol. The zero-order valence-corrected chi connectivity index (χ0v) is 16.7. The molecule has 9 nitrogen and oxygen atoms in total. The molecule has 2 amide bonds. The third-order valence-electron chi connectivity index (χ3n) is 5.19. The number of amides is 2. The quantitative estimate of drug-likeness (QED) is 0.459. The number of nitrogens with two attached hydrogens (primary N) is 1. The van der Waals surface area contributed by atoms with Crippen LogP contribution in [-0.4, -0.2) is 32.5 Å². The zero-order valence-electron chi connectivity index (χ0n) is 16.7. The molecule has 0 unspecified atom stereocenters. The molecule has 0 spiro atoms. The number of aromatic nitrogens is 3. The fraction of sp³-hybridized carbons (Fsp3) is 0.182. The van der Waals surface area contributed by atoms with E-state index >= 15 is 0 Å². The van der Waals surface area contributed by atoms with Crippen LogP contribution in [0.4, 0.5) is 17.3 Å². The Balaban J connectivity index is 1.53. The van der Waals surface area contributed by atoms with E-state index in [1.807, 2.05) is 6.07 Å². The maximum Gasteiger partial charge on any atom is 0.251 e. The van der Waals surface area contributed by atoms with Gasteiger partial charge in [0.1, 0.15) is 11.6 Å². The van der Waals surface area contributed by atoms with Gasteiger partial charge in [-0.25, -0.2) is 4.98 Å². The average molecular weight is 415 g/mol. The van der Waals surface area contributed by atoms with Crippen LogP contribution in [-0.2, 0) is 4.79 Å². The normalized spacial score (nSPS) is 17.2. The van der Waals surface area contributed by atoms with Crippen LogP contribution in [0.25, 0.3) is 11.7 Å². The van der Waals surface area contributed by atoms with Gasteiger partial charge >= 0.3 is 0 Å². The molecule has 3 aromatic rings. The predicted molar refractivity (Wildman–Crippen MR) is 118 cm³/mol. The molecule has 1 aliphatic heterocycles. The average Bonchev–Trinajstić information content (AvgIpc) is 3.37. The van der Waals surface area contributed by atoms with Gasteiger partial charge in [0.15, 0.2) is 5.65 Å². The zero-order chi connectivity index (χ0) is 21.5. The number of anilines is 3. The Morgan fingerprint density at radius 2 is 2.06 bits per heavy atom. The van der Waals surface area contributed by atoms with E-state index in [-0.39, 0.29) is 5.91 Å². The Kier molecular flexibility index (Phi) is 4.43. The van der Waals surface area contributed by atoms with Crippen molar-refractivity contribution in [3.8, 4) is 0 Å². The summed E-state index contributed by atoms with van der Waals surface area (Å²) in [6.07, 6.45) is 6.21. The minimum atomic E-state index is -0.474. The Bertz CT molecular complexity index is 1250. The van der Waals surface area contributed by atoms with Crippen molar-refractivity contribution < 1.29 is 9.59 Å². The molecule has 5 N–H and O–H groups in total. The number of rotatable bonds is 6. The van der Waals surface area contributed by atoms with Crippen molar-refractivity contribution in [3.63, 3.8) is 0 Å². The Labute approximate surface area is 178 Å². The van der Waals surface area contributed by atoms with Crippen LogP contribution in [0, 0.1) is 0 Å². The van der Waals surface area contributed by atoms with Crippen molar-refractivity contribution in [2.75, 3.05) is 10.6 Å². The first-order valence-corrected chi connectivity index (χ1v) is 9.98. The lowest BCUT2D eigenvalue weighted by atomic mass is 10.1. The summed E-state index contributed by atoms with van der Waals surface area (Å²) in [6.45, 7) is 3.82. The monoisotopic (exact) mass is 415 g/mol. The van der Waals surface area contributed by atoms with Crippen molar-refractivity contribution in [3.05, 3.63) is 65.5 Å². The molecular formula is C22H21N7O2.